The molecule has 2 atom stereocenters. The highest BCUT2D eigenvalue weighted by molar-refractivity contribution is 4.90. The van der Waals surface area contributed by atoms with Gasteiger partial charge in [-0.3, -0.25) is 4.90 Å². The second-order valence-corrected chi connectivity index (χ2v) is 6.10. The molecule has 0 radical (unpaired) electrons. The van der Waals surface area contributed by atoms with E-state index in [9.17, 15) is 0 Å². The van der Waals surface area contributed by atoms with Crippen molar-refractivity contribution < 1.29 is 4.74 Å². The molecule has 0 spiro atoms. The van der Waals surface area contributed by atoms with Gasteiger partial charge in [-0.2, -0.15) is 0 Å². The van der Waals surface area contributed by atoms with Crippen LogP contribution in [-0.2, 0) is 4.74 Å². The van der Waals surface area contributed by atoms with Crippen molar-refractivity contribution in [2.24, 2.45) is 5.92 Å². The average Bonchev–Trinajstić information content (AvgIpc) is 2.29. The van der Waals surface area contributed by atoms with Gasteiger partial charge >= 0.3 is 0 Å². The van der Waals surface area contributed by atoms with Crippen LogP contribution in [0.4, 0.5) is 0 Å². The number of nitrogens with one attached hydrogen (secondary N) is 1. The molecule has 2 rings (SSSR count). The predicted molar refractivity (Wildman–Crippen MR) is 75.9 cm³/mol. The number of ether oxygens (including phenoxy) is 1. The SMILES string of the molecule is CCOC1CC(N2CCC(CC)NCC(C)C2)C1. The molecular formula is C15H30N2O. The standard InChI is InChI=1S/C15H30N2O/c1-4-13-6-7-17(11-12(3)10-16-13)14-8-15(9-14)18-5-2/h12-16H,4-11H2,1-3H3. The lowest BCUT2D eigenvalue weighted by Gasteiger charge is -2.45. The van der Waals surface area contributed by atoms with Gasteiger partial charge in [-0.05, 0) is 51.6 Å². The molecule has 18 heavy (non-hydrogen) atoms. The zero-order valence-corrected chi connectivity index (χ0v) is 12.3. The topological polar surface area (TPSA) is 24.5 Å². The van der Waals surface area contributed by atoms with E-state index in [-0.39, 0.29) is 0 Å². The maximum Gasteiger partial charge on any atom is 0.0604 e. The van der Waals surface area contributed by atoms with E-state index < -0.39 is 0 Å². The summed E-state index contributed by atoms with van der Waals surface area (Å²) in [5, 5.41) is 3.69. The Morgan fingerprint density at radius 2 is 2.06 bits per heavy atom. The molecule has 1 aliphatic heterocycles. The van der Waals surface area contributed by atoms with Crippen molar-refractivity contribution in [2.45, 2.75) is 64.6 Å². The minimum atomic E-state index is 0.542. The highest BCUT2D eigenvalue weighted by atomic mass is 16.5. The van der Waals surface area contributed by atoms with E-state index in [1.54, 1.807) is 0 Å². The maximum atomic E-state index is 5.68. The van der Waals surface area contributed by atoms with Crippen LogP contribution in [0.15, 0.2) is 0 Å². The van der Waals surface area contributed by atoms with Crippen molar-refractivity contribution >= 4 is 0 Å². The van der Waals surface area contributed by atoms with Gasteiger partial charge in [0.15, 0.2) is 0 Å². The molecule has 2 unspecified atom stereocenters. The summed E-state index contributed by atoms with van der Waals surface area (Å²) in [5.41, 5.74) is 0. The summed E-state index contributed by atoms with van der Waals surface area (Å²) in [6.07, 6.45) is 5.61. The minimum absolute atomic E-state index is 0.542. The zero-order chi connectivity index (χ0) is 13.0. The molecule has 0 amide bonds. The lowest BCUT2D eigenvalue weighted by molar-refractivity contribution is -0.0513. The number of rotatable bonds is 4. The summed E-state index contributed by atoms with van der Waals surface area (Å²) in [6.45, 7) is 11.3. The minimum Gasteiger partial charge on any atom is -0.378 e. The van der Waals surface area contributed by atoms with Crippen LogP contribution in [0, 0.1) is 5.92 Å². The molecule has 1 N–H and O–H groups in total. The summed E-state index contributed by atoms with van der Waals surface area (Å²) < 4.78 is 5.68. The number of hydrogen-bond donors (Lipinski definition) is 1. The van der Waals surface area contributed by atoms with Crippen LogP contribution >= 0.6 is 0 Å². The highest BCUT2D eigenvalue weighted by Gasteiger charge is 2.35. The molecule has 3 heteroatoms. The van der Waals surface area contributed by atoms with Crippen LogP contribution in [0.1, 0.15) is 46.5 Å². The number of nitrogens with zero attached hydrogens (tertiary/aromatic N) is 1. The Labute approximate surface area is 112 Å². The second kappa shape index (κ2) is 6.88. The Kier molecular flexibility index (Phi) is 5.46. The quantitative estimate of drug-likeness (QED) is 0.833. The summed E-state index contributed by atoms with van der Waals surface area (Å²) in [7, 11) is 0. The highest BCUT2D eigenvalue weighted by Crippen LogP contribution is 2.29. The Morgan fingerprint density at radius 1 is 1.28 bits per heavy atom. The summed E-state index contributed by atoms with van der Waals surface area (Å²) in [6, 6.07) is 1.51. The Hall–Kier alpha value is -0.120. The molecule has 1 saturated heterocycles. The average molecular weight is 254 g/mol. The molecule has 2 aliphatic rings. The first-order valence-electron chi connectivity index (χ1n) is 7.81. The summed E-state index contributed by atoms with van der Waals surface area (Å²) in [5.74, 6) is 0.769. The molecule has 106 valence electrons. The smallest absolute Gasteiger partial charge is 0.0604 e. The van der Waals surface area contributed by atoms with Gasteiger partial charge in [-0.25, -0.2) is 0 Å². The molecule has 2 fully saturated rings. The number of hydrogen-bond acceptors (Lipinski definition) is 3. The normalized spacial score (nSPS) is 38.8. The van der Waals surface area contributed by atoms with Crippen molar-refractivity contribution in [2.75, 3.05) is 26.2 Å². The van der Waals surface area contributed by atoms with Crippen molar-refractivity contribution in [3.63, 3.8) is 0 Å². The van der Waals surface area contributed by atoms with Crippen LogP contribution in [-0.4, -0.2) is 49.3 Å². The van der Waals surface area contributed by atoms with Gasteiger partial charge in [0.2, 0.25) is 0 Å². The third-order valence-electron chi connectivity index (χ3n) is 4.55. The van der Waals surface area contributed by atoms with E-state index in [2.05, 4.69) is 31.0 Å². The Bertz CT molecular complexity index is 241. The van der Waals surface area contributed by atoms with Crippen molar-refractivity contribution in [3.05, 3.63) is 0 Å². The first-order chi connectivity index (χ1) is 8.72. The molecule has 1 aliphatic carbocycles. The van der Waals surface area contributed by atoms with E-state index in [1.807, 2.05) is 0 Å². The fraction of sp³-hybridized carbons (Fsp3) is 1.00. The van der Waals surface area contributed by atoms with Gasteiger partial charge in [-0.15, -0.1) is 0 Å². The predicted octanol–water partition coefficient (Wildman–Crippen LogP) is 2.26. The van der Waals surface area contributed by atoms with E-state index in [4.69, 9.17) is 4.74 Å². The molecule has 3 nitrogen and oxygen atoms in total. The van der Waals surface area contributed by atoms with Gasteiger partial charge in [0.1, 0.15) is 0 Å². The Morgan fingerprint density at radius 3 is 2.72 bits per heavy atom. The van der Waals surface area contributed by atoms with Crippen molar-refractivity contribution in [1.82, 2.24) is 10.2 Å². The van der Waals surface area contributed by atoms with Crippen LogP contribution in [0.5, 0.6) is 0 Å². The second-order valence-electron chi connectivity index (χ2n) is 6.10. The monoisotopic (exact) mass is 254 g/mol. The van der Waals surface area contributed by atoms with Gasteiger partial charge in [-0.1, -0.05) is 13.8 Å². The first kappa shape index (κ1) is 14.3. The van der Waals surface area contributed by atoms with Gasteiger partial charge in [0.05, 0.1) is 6.10 Å². The van der Waals surface area contributed by atoms with Crippen LogP contribution < -0.4 is 5.32 Å². The molecule has 0 bridgehead atoms. The fourth-order valence-corrected chi connectivity index (χ4v) is 3.24. The molecule has 1 heterocycles. The van der Waals surface area contributed by atoms with Gasteiger partial charge in [0, 0.05) is 25.2 Å². The van der Waals surface area contributed by atoms with Crippen molar-refractivity contribution in [1.29, 1.82) is 0 Å². The summed E-state index contributed by atoms with van der Waals surface area (Å²) in [4.78, 5) is 2.73. The third-order valence-corrected chi connectivity index (χ3v) is 4.55. The molecular weight excluding hydrogens is 224 g/mol. The third kappa shape index (κ3) is 3.69. The van der Waals surface area contributed by atoms with E-state index in [1.165, 1.54) is 45.3 Å². The van der Waals surface area contributed by atoms with E-state index >= 15 is 0 Å². The molecule has 0 aromatic carbocycles. The van der Waals surface area contributed by atoms with Crippen LogP contribution in [0.25, 0.3) is 0 Å². The van der Waals surface area contributed by atoms with E-state index in [0.29, 0.717) is 6.10 Å². The van der Waals surface area contributed by atoms with Crippen LogP contribution in [0.2, 0.25) is 0 Å². The lowest BCUT2D eigenvalue weighted by Crippen LogP contribution is -2.53. The zero-order valence-electron chi connectivity index (χ0n) is 12.3. The van der Waals surface area contributed by atoms with E-state index in [0.717, 1.165) is 24.6 Å². The van der Waals surface area contributed by atoms with Crippen LogP contribution in [0.3, 0.4) is 0 Å². The fourth-order valence-electron chi connectivity index (χ4n) is 3.24. The molecule has 1 saturated carbocycles. The largest absolute Gasteiger partial charge is 0.378 e. The molecule has 0 aromatic rings. The Balaban J connectivity index is 1.80. The lowest BCUT2D eigenvalue weighted by atomic mass is 9.86. The van der Waals surface area contributed by atoms with Crippen molar-refractivity contribution in [3.8, 4) is 0 Å². The van der Waals surface area contributed by atoms with Gasteiger partial charge in [0.25, 0.3) is 0 Å². The summed E-state index contributed by atoms with van der Waals surface area (Å²) >= 11 is 0. The first-order valence-corrected chi connectivity index (χ1v) is 7.81. The maximum absolute atomic E-state index is 5.68. The van der Waals surface area contributed by atoms with Gasteiger partial charge < -0.3 is 10.1 Å². The molecule has 0 aromatic heterocycles.